The van der Waals surface area contributed by atoms with E-state index >= 15 is 0 Å². The molecule has 1 heterocycles. The van der Waals surface area contributed by atoms with E-state index in [0.717, 1.165) is 12.2 Å². The van der Waals surface area contributed by atoms with Crippen LogP contribution in [0.1, 0.15) is 6.42 Å². The Bertz CT molecular complexity index is 341. The minimum absolute atomic E-state index is 0.0943. The fourth-order valence-electron chi connectivity index (χ4n) is 1.87. The van der Waals surface area contributed by atoms with Gasteiger partial charge in [0.05, 0.1) is 6.54 Å². The lowest BCUT2D eigenvalue weighted by Gasteiger charge is -2.20. The van der Waals surface area contributed by atoms with Crippen LogP contribution in [0.3, 0.4) is 0 Å². The van der Waals surface area contributed by atoms with Crippen LogP contribution in [0.2, 0.25) is 5.02 Å². The van der Waals surface area contributed by atoms with Gasteiger partial charge in [0, 0.05) is 30.2 Å². The molecule has 0 amide bonds. The van der Waals surface area contributed by atoms with Crippen LogP contribution in [0.4, 0.5) is 10.1 Å². The molecule has 1 aliphatic heterocycles. The summed E-state index contributed by atoms with van der Waals surface area (Å²) >= 11 is 5.79. The van der Waals surface area contributed by atoms with E-state index in [2.05, 4.69) is 0 Å². The molecule has 1 saturated heterocycles. The first-order valence-corrected chi connectivity index (χ1v) is 5.40. The lowest BCUT2D eigenvalue weighted by atomic mass is 10.1. The second kappa shape index (κ2) is 3.99. The molecule has 2 rings (SSSR count). The first-order chi connectivity index (χ1) is 7.13. The number of hydrogen-bond acceptors (Lipinski definition) is 2. The number of anilines is 1. The molecule has 0 spiro atoms. The Kier molecular flexibility index (Phi) is 2.85. The Hall–Kier alpha value is -0.800. The highest BCUT2D eigenvalue weighted by Gasteiger charge is 2.36. The van der Waals surface area contributed by atoms with E-state index in [4.69, 9.17) is 17.3 Å². The van der Waals surface area contributed by atoms with E-state index in [-0.39, 0.29) is 6.54 Å². The van der Waals surface area contributed by atoms with Crippen LogP contribution in [-0.2, 0) is 0 Å². The number of benzene rings is 1. The van der Waals surface area contributed by atoms with Crippen LogP contribution in [0.5, 0.6) is 0 Å². The molecule has 1 aromatic carbocycles. The van der Waals surface area contributed by atoms with E-state index in [9.17, 15) is 4.39 Å². The number of alkyl halides is 1. The lowest BCUT2D eigenvalue weighted by molar-refractivity contribution is 0.204. The van der Waals surface area contributed by atoms with E-state index in [1.165, 1.54) is 0 Å². The smallest absolute Gasteiger partial charge is 0.142 e. The summed E-state index contributed by atoms with van der Waals surface area (Å²) in [5.74, 6) is 0. The predicted octanol–water partition coefficient (Wildman–Crippen LogP) is 2.22. The van der Waals surface area contributed by atoms with Crippen molar-refractivity contribution in [2.75, 3.05) is 24.5 Å². The summed E-state index contributed by atoms with van der Waals surface area (Å²) in [5, 5.41) is 0.697. The first-order valence-electron chi connectivity index (χ1n) is 5.02. The zero-order valence-electron chi connectivity index (χ0n) is 8.42. The van der Waals surface area contributed by atoms with Crippen molar-refractivity contribution < 1.29 is 4.39 Å². The van der Waals surface area contributed by atoms with Gasteiger partial charge in [-0.05, 0) is 24.3 Å². The standard InChI is InChI=1S/C11H14ClFN2/c12-9-1-3-10(4-2-9)15-6-5-11(13,7-14)8-15/h1-4H,5-8,14H2. The monoisotopic (exact) mass is 228 g/mol. The summed E-state index contributed by atoms with van der Waals surface area (Å²) < 4.78 is 13.9. The number of nitrogens with zero attached hydrogens (tertiary/aromatic N) is 1. The van der Waals surface area contributed by atoms with E-state index in [1.807, 2.05) is 29.2 Å². The lowest BCUT2D eigenvalue weighted by Crippen LogP contribution is -2.36. The Morgan fingerprint density at radius 2 is 2.07 bits per heavy atom. The molecule has 82 valence electrons. The third kappa shape index (κ3) is 2.24. The normalized spacial score (nSPS) is 25.9. The van der Waals surface area contributed by atoms with Crippen molar-refractivity contribution in [1.29, 1.82) is 0 Å². The summed E-state index contributed by atoms with van der Waals surface area (Å²) in [6, 6.07) is 7.45. The fraction of sp³-hybridized carbons (Fsp3) is 0.455. The Balaban J connectivity index is 2.11. The molecule has 2 nitrogen and oxygen atoms in total. The average molecular weight is 229 g/mol. The molecule has 0 aliphatic carbocycles. The molecule has 15 heavy (non-hydrogen) atoms. The van der Waals surface area contributed by atoms with Gasteiger partial charge in [0.15, 0.2) is 0 Å². The van der Waals surface area contributed by atoms with Crippen LogP contribution >= 0.6 is 11.6 Å². The Morgan fingerprint density at radius 1 is 1.40 bits per heavy atom. The minimum atomic E-state index is -1.22. The van der Waals surface area contributed by atoms with Crippen molar-refractivity contribution in [2.45, 2.75) is 12.1 Å². The van der Waals surface area contributed by atoms with Gasteiger partial charge in [-0.2, -0.15) is 0 Å². The molecule has 0 radical (unpaired) electrons. The van der Waals surface area contributed by atoms with Gasteiger partial charge in [-0.1, -0.05) is 11.6 Å². The zero-order chi connectivity index (χ0) is 10.9. The highest BCUT2D eigenvalue weighted by molar-refractivity contribution is 6.30. The maximum atomic E-state index is 13.9. The van der Waals surface area contributed by atoms with Crippen molar-refractivity contribution in [3.63, 3.8) is 0 Å². The molecule has 0 aromatic heterocycles. The summed E-state index contributed by atoms with van der Waals surface area (Å²) in [6.45, 7) is 1.19. The van der Waals surface area contributed by atoms with Gasteiger partial charge in [0.1, 0.15) is 5.67 Å². The molecule has 0 bridgehead atoms. The van der Waals surface area contributed by atoms with Gasteiger partial charge in [-0.15, -0.1) is 0 Å². The quantitative estimate of drug-likeness (QED) is 0.841. The number of halogens is 2. The van der Waals surface area contributed by atoms with Gasteiger partial charge >= 0.3 is 0 Å². The summed E-state index contributed by atoms with van der Waals surface area (Å²) in [4.78, 5) is 2.00. The molecule has 0 saturated carbocycles. The minimum Gasteiger partial charge on any atom is -0.368 e. The summed E-state index contributed by atoms with van der Waals surface area (Å²) in [6.07, 6.45) is 0.506. The van der Waals surface area contributed by atoms with Crippen molar-refractivity contribution in [3.8, 4) is 0 Å². The molecule has 1 atom stereocenters. The van der Waals surface area contributed by atoms with Crippen molar-refractivity contribution in [1.82, 2.24) is 0 Å². The van der Waals surface area contributed by atoms with Gasteiger partial charge in [-0.25, -0.2) is 4.39 Å². The van der Waals surface area contributed by atoms with Gasteiger partial charge in [-0.3, -0.25) is 0 Å². The van der Waals surface area contributed by atoms with Crippen LogP contribution in [0.25, 0.3) is 0 Å². The first kappa shape index (κ1) is 10.7. The largest absolute Gasteiger partial charge is 0.368 e. The molecular formula is C11H14ClFN2. The number of nitrogens with two attached hydrogens (primary N) is 1. The SMILES string of the molecule is NCC1(F)CCN(c2ccc(Cl)cc2)C1. The second-order valence-electron chi connectivity index (χ2n) is 4.00. The maximum absolute atomic E-state index is 13.9. The van der Waals surface area contributed by atoms with Gasteiger partial charge in [0.25, 0.3) is 0 Å². The van der Waals surface area contributed by atoms with E-state index in [0.29, 0.717) is 18.0 Å². The van der Waals surface area contributed by atoms with Gasteiger partial charge < -0.3 is 10.6 Å². The van der Waals surface area contributed by atoms with Crippen LogP contribution in [-0.4, -0.2) is 25.3 Å². The highest BCUT2D eigenvalue weighted by atomic mass is 35.5. The number of hydrogen-bond donors (Lipinski definition) is 1. The van der Waals surface area contributed by atoms with Crippen LogP contribution in [0, 0.1) is 0 Å². The van der Waals surface area contributed by atoms with Gasteiger partial charge in [0.2, 0.25) is 0 Å². The van der Waals surface area contributed by atoms with E-state index in [1.54, 1.807) is 0 Å². The van der Waals surface area contributed by atoms with Crippen LogP contribution < -0.4 is 10.6 Å². The molecule has 1 unspecified atom stereocenters. The van der Waals surface area contributed by atoms with Crippen molar-refractivity contribution in [3.05, 3.63) is 29.3 Å². The Labute approximate surface area is 93.8 Å². The molecule has 1 aliphatic rings. The third-order valence-electron chi connectivity index (χ3n) is 2.86. The van der Waals surface area contributed by atoms with Crippen molar-refractivity contribution >= 4 is 17.3 Å². The topological polar surface area (TPSA) is 29.3 Å². The average Bonchev–Trinajstić information content (AvgIpc) is 2.63. The molecular weight excluding hydrogens is 215 g/mol. The third-order valence-corrected chi connectivity index (χ3v) is 3.11. The van der Waals surface area contributed by atoms with E-state index < -0.39 is 5.67 Å². The highest BCUT2D eigenvalue weighted by Crippen LogP contribution is 2.29. The second-order valence-corrected chi connectivity index (χ2v) is 4.44. The fourth-order valence-corrected chi connectivity index (χ4v) is 2.00. The Morgan fingerprint density at radius 3 is 2.60 bits per heavy atom. The van der Waals surface area contributed by atoms with Crippen LogP contribution in [0.15, 0.2) is 24.3 Å². The molecule has 2 N–H and O–H groups in total. The van der Waals surface area contributed by atoms with Crippen molar-refractivity contribution in [2.24, 2.45) is 5.73 Å². The number of rotatable bonds is 2. The molecule has 4 heteroatoms. The predicted molar refractivity (Wildman–Crippen MR) is 61.2 cm³/mol. The molecule has 1 aromatic rings. The molecule has 1 fully saturated rings. The maximum Gasteiger partial charge on any atom is 0.142 e. The summed E-state index contributed by atoms with van der Waals surface area (Å²) in [5.41, 5.74) is 5.19. The zero-order valence-corrected chi connectivity index (χ0v) is 9.17. The summed E-state index contributed by atoms with van der Waals surface area (Å²) in [7, 11) is 0.